The van der Waals surface area contributed by atoms with E-state index in [0.29, 0.717) is 4.47 Å². The van der Waals surface area contributed by atoms with Crippen LogP contribution in [0.15, 0.2) is 40.9 Å². The lowest BCUT2D eigenvalue weighted by Gasteiger charge is -2.16. The molecule has 19 heavy (non-hydrogen) atoms. The van der Waals surface area contributed by atoms with Gasteiger partial charge in [-0.3, -0.25) is 0 Å². The van der Waals surface area contributed by atoms with Crippen LogP contribution in [0.5, 0.6) is 11.5 Å². The number of phenolic OH excluding ortho intramolecular Hbond substituents is 2. The van der Waals surface area contributed by atoms with Crippen molar-refractivity contribution < 1.29 is 14.6 Å². The van der Waals surface area contributed by atoms with Crippen LogP contribution in [0.25, 0.3) is 0 Å². The first-order chi connectivity index (χ1) is 8.95. The van der Waals surface area contributed by atoms with Crippen molar-refractivity contribution in [2.24, 2.45) is 0 Å². The first-order valence-corrected chi connectivity index (χ1v) is 6.49. The summed E-state index contributed by atoms with van der Waals surface area (Å²) in [5, 5.41) is 22.1. The zero-order valence-electron chi connectivity index (χ0n) is 10.2. The van der Waals surface area contributed by atoms with E-state index in [2.05, 4.69) is 21.2 Å². The molecule has 0 bridgehead atoms. The molecule has 0 aliphatic heterocycles. The predicted octanol–water partition coefficient (Wildman–Crippen LogP) is 4.17. The van der Waals surface area contributed by atoms with Gasteiger partial charge in [0, 0.05) is 17.8 Å². The molecule has 3 N–H and O–H groups in total. The number of benzene rings is 2. The van der Waals surface area contributed by atoms with Crippen molar-refractivity contribution in [1.82, 2.24) is 0 Å². The molecule has 3 nitrogen and oxygen atoms in total. The van der Waals surface area contributed by atoms with Gasteiger partial charge in [-0.05, 0) is 58.7 Å². The SMILES string of the molecule is CC(Nc1ccc(F)c(Br)c1)c1cc(O)cc(O)c1. The summed E-state index contributed by atoms with van der Waals surface area (Å²) in [6.07, 6.45) is 0. The fraction of sp³-hybridized carbons (Fsp3) is 0.143. The Kier molecular flexibility index (Phi) is 3.95. The van der Waals surface area contributed by atoms with E-state index >= 15 is 0 Å². The summed E-state index contributed by atoms with van der Waals surface area (Å²) in [6.45, 7) is 1.88. The maximum Gasteiger partial charge on any atom is 0.137 e. The Balaban J connectivity index is 2.20. The van der Waals surface area contributed by atoms with E-state index in [9.17, 15) is 14.6 Å². The van der Waals surface area contributed by atoms with Crippen molar-refractivity contribution in [3.63, 3.8) is 0 Å². The van der Waals surface area contributed by atoms with Crippen molar-refractivity contribution in [2.45, 2.75) is 13.0 Å². The maximum atomic E-state index is 13.1. The molecule has 0 aliphatic rings. The molecule has 0 saturated carbocycles. The van der Waals surface area contributed by atoms with Crippen LogP contribution in [0.2, 0.25) is 0 Å². The van der Waals surface area contributed by atoms with Crippen molar-refractivity contribution >= 4 is 21.6 Å². The Labute approximate surface area is 118 Å². The Morgan fingerprint density at radius 2 is 1.74 bits per heavy atom. The van der Waals surface area contributed by atoms with Crippen LogP contribution in [0.1, 0.15) is 18.5 Å². The number of halogens is 2. The summed E-state index contributed by atoms with van der Waals surface area (Å²) >= 11 is 3.12. The van der Waals surface area contributed by atoms with Crippen LogP contribution in [-0.2, 0) is 0 Å². The van der Waals surface area contributed by atoms with Crippen LogP contribution < -0.4 is 5.32 Å². The first kappa shape index (κ1) is 13.7. The number of hydrogen-bond acceptors (Lipinski definition) is 3. The lowest BCUT2D eigenvalue weighted by Crippen LogP contribution is -2.06. The minimum atomic E-state index is -0.326. The normalized spacial score (nSPS) is 12.2. The molecule has 2 rings (SSSR count). The molecule has 1 unspecified atom stereocenters. The Hall–Kier alpha value is -1.75. The van der Waals surface area contributed by atoms with Crippen molar-refractivity contribution in [2.75, 3.05) is 5.32 Å². The van der Waals surface area contributed by atoms with Crippen LogP contribution in [0, 0.1) is 5.82 Å². The summed E-state index contributed by atoms with van der Waals surface area (Å²) < 4.78 is 13.5. The average molecular weight is 326 g/mol. The molecule has 2 aromatic rings. The van der Waals surface area contributed by atoms with Gasteiger partial charge in [0.15, 0.2) is 0 Å². The molecule has 0 amide bonds. The zero-order chi connectivity index (χ0) is 14.0. The van der Waals surface area contributed by atoms with E-state index in [1.54, 1.807) is 24.3 Å². The summed E-state index contributed by atoms with van der Waals surface area (Å²) in [4.78, 5) is 0. The number of phenols is 2. The van der Waals surface area contributed by atoms with Crippen LogP contribution in [0.4, 0.5) is 10.1 Å². The quantitative estimate of drug-likeness (QED) is 0.793. The topological polar surface area (TPSA) is 52.5 Å². The van der Waals surface area contributed by atoms with Crippen molar-refractivity contribution in [3.8, 4) is 11.5 Å². The monoisotopic (exact) mass is 325 g/mol. The third-order valence-corrected chi connectivity index (χ3v) is 3.34. The second-order valence-corrected chi connectivity index (χ2v) is 5.13. The first-order valence-electron chi connectivity index (χ1n) is 5.70. The number of hydrogen-bond donors (Lipinski definition) is 3. The van der Waals surface area contributed by atoms with Gasteiger partial charge >= 0.3 is 0 Å². The van der Waals surface area contributed by atoms with Gasteiger partial charge in [0.05, 0.1) is 4.47 Å². The molecule has 0 radical (unpaired) electrons. The number of rotatable bonds is 3. The van der Waals surface area contributed by atoms with Gasteiger partial charge in [-0.25, -0.2) is 4.39 Å². The molecule has 100 valence electrons. The highest BCUT2D eigenvalue weighted by atomic mass is 79.9. The second-order valence-electron chi connectivity index (χ2n) is 4.28. The molecule has 2 aromatic carbocycles. The van der Waals surface area contributed by atoms with Crippen LogP contribution in [0.3, 0.4) is 0 Å². The summed E-state index contributed by atoms with van der Waals surface area (Å²) in [7, 11) is 0. The van der Waals surface area contributed by atoms with Gasteiger partial charge in [-0.1, -0.05) is 0 Å². The molecule has 0 saturated heterocycles. The number of anilines is 1. The van der Waals surface area contributed by atoms with Gasteiger partial charge < -0.3 is 15.5 Å². The lowest BCUT2D eigenvalue weighted by atomic mass is 10.1. The fourth-order valence-corrected chi connectivity index (χ4v) is 2.17. The van der Waals surface area contributed by atoms with Gasteiger partial charge in [0.25, 0.3) is 0 Å². The highest BCUT2D eigenvalue weighted by molar-refractivity contribution is 9.10. The highest BCUT2D eigenvalue weighted by Crippen LogP contribution is 2.28. The highest BCUT2D eigenvalue weighted by Gasteiger charge is 2.09. The van der Waals surface area contributed by atoms with Crippen LogP contribution >= 0.6 is 15.9 Å². The zero-order valence-corrected chi connectivity index (χ0v) is 11.8. The van der Waals surface area contributed by atoms with E-state index in [1.807, 2.05) is 6.92 Å². The van der Waals surface area contributed by atoms with Gasteiger partial charge in [-0.2, -0.15) is 0 Å². The Morgan fingerprint density at radius 3 is 2.32 bits per heavy atom. The number of aromatic hydroxyl groups is 2. The third kappa shape index (κ3) is 3.38. The van der Waals surface area contributed by atoms with E-state index in [0.717, 1.165) is 11.3 Å². The lowest BCUT2D eigenvalue weighted by molar-refractivity contribution is 0.448. The molecule has 0 aromatic heterocycles. The maximum absolute atomic E-state index is 13.1. The molecule has 0 aliphatic carbocycles. The van der Waals surface area contributed by atoms with E-state index in [-0.39, 0.29) is 23.4 Å². The minimum absolute atomic E-state index is 0.00365. The molecule has 0 spiro atoms. The van der Waals surface area contributed by atoms with E-state index < -0.39 is 0 Å². The smallest absolute Gasteiger partial charge is 0.137 e. The van der Waals surface area contributed by atoms with Gasteiger partial charge in [-0.15, -0.1) is 0 Å². The largest absolute Gasteiger partial charge is 0.508 e. The fourth-order valence-electron chi connectivity index (χ4n) is 1.79. The van der Waals surface area contributed by atoms with E-state index in [1.165, 1.54) is 12.1 Å². The summed E-state index contributed by atoms with van der Waals surface area (Å²) in [5.74, 6) is -0.318. The van der Waals surface area contributed by atoms with Crippen molar-refractivity contribution in [3.05, 3.63) is 52.3 Å². The van der Waals surface area contributed by atoms with Crippen LogP contribution in [-0.4, -0.2) is 10.2 Å². The average Bonchev–Trinajstić information content (AvgIpc) is 2.32. The molecular formula is C14H13BrFNO2. The van der Waals surface area contributed by atoms with Gasteiger partial charge in [0.1, 0.15) is 17.3 Å². The van der Waals surface area contributed by atoms with Gasteiger partial charge in [0.2, 0.25) is 0 Å². The molecule has 0 fully saturated rings. The van der Waals surface area contributed by atoms with Crippen molar-refractivity contribution in [1.29, 1.82) is 0 Å². The standard InChI is InChI=1S/C14H13BrFNO2/c1-8(9-4-11(18)7-12(19)5-9)17-10-2-3-14(16)13(15)6-10/h2-8,17-19H,1H3. The second kappa shape index (κ2) is 5.48. The number of nitrogens with one attached hydrogen (secondary N) is 1. The Morgan fingerprint density at radius 1 is 1.11 bits per heavy atom. The minimum Gasteiger partial charge on any atom is -0.508 e. The summed E-state index contributed by atoms with van der Waals surface area (Å²) in [5.41, 5.74) is 1.47. The molecule has 0 heterocycles. The van der Waals surface area contributed by atoms with E-state index in [4.69, 9.17) is 0 Å². The molecule has 5 heteroatoms. The Bertz CT molecular complexity index is 584. The summed E-state index contributed by atoms with van der Waals surface area (Å²) in [6, 6.07) is 8.87. The predicted molar refractivity (Wildman–Crippen MR) is 75.9 cm³/mol. The third-order valence-electron chi connectivity index (χ3n) is 2.73. The molecule has 1 atom stereocenters. The molecular weight excluding hydrogens is 313 g/mol.